The van der Waals surface area contributed by atoms with E-state index in [9.17, 15) is 9.59 Å². The predicted octanol–water partition coefficient (Wildman–Crippen LogP) is 3.33. The topological polar surface area (TPSA) is 52.6 Å². The van der Waals surface area contributed by atoms with Gasteiger partial charge in [0.2, 0.25) is 0 Å². The van der Waals surface area contributed by atoms with Gasteiger partial charge in [0.25, 0.3) is 0 Å². The third-order valence-corrected chi connectivity index (χ3v) is 5.91. The van der Waals surface area contributed by atoms with Gasteiger partial charge >= 0.3 is 11.9 Å². The minimum absolute atomic E-state index is 0.0393. The number of carbonyl (C=O) groups excluding carboxylic acids is 2. The highest BCUT2D eigenvalue weighted by atomic mass is 16.6. The molecule has 0 aromatic carbocycles. The molecule has 0 aromatic heterocycles. The molecule has 0 saturated heterocycles. The Labute approximate surface area is 127 Å². The van der Waals surface area contributed by atoms with Crippen molar-refractivity contribution in [2.45, 2.75) is 66.4 Å². The SMILES string of the molecule is CC(C)CC(=O)OCC(=O)O[C@H]1C[C@H]2CC[C@@]1(C)C2(C)C. The van der Waals surface area contributed by atoms with Crippen molar-refractivity contribution in [2.24, 2.45) is 22.7 Å². The van der Waals surface area contributed by atoms with E-state index in [2.05, 4.69) is 20.8 Å². The second-order valence-electron chi connectivity index (χ2n) is 7.85. The van der Waals surface area contributed by atoms with Gasteiger partial charge in [-0.3, -0.25) is 4.79 Å². The molecule has 2 aliphatic carbocycles. The molecule has 0 unspecified atom stereocenters. The molecule has 0 N–H and O–H groups in total. The van der Waals surface area contributed by atoms with Gasteiger partial charge in [0, 0.05) is 11.8 Å². The van der Waals surface area contributed by atoms with E-state index in [1.54, 1.807) is 0 Å². The van der Waals surface area contributed by atoms with Crippen LogP contribution >= 0.6 is 0 Å². The Hall–Kier alpha value is -1.06. The standard InChI is InChI=1S/C17H28O4/c1-11(2)8-14(18)20-10-15(19)21-13-9-12-6-7-17(13,5)16(12,3)4/h11-13H,6-10H2,1-5H3/t12-,13+,17-/m1/s1. The third-order valence-electron chi connectivity index (χ3n) is 5.91. The number of ether oxygens (including phenoxy) is 2. The fraction of sp³-hybridized carbons (Fsp3) is 0.882. The lowest BCUT2D eigenvalue weighted by Gasteiger charge is -2.38. The van der Waals surface area contributed by atoms with Crippen molar-refractivity contribution in [3.8, 4) is 0 Å². The Kier molecular flexibility index (Phi) is 4.36. The monoisotopic (exact) mass is 296 g/mol. The van der Waals surface area contributed by atoms with E-state index in [0.29, 0.717) is 12.3 Å². The highest BCUT2D eigenvalue weighted by molar-refractivity contribution is 5.76. The van der Waals surface area contributed by atoms with Gasteiger partial charge < -0.3 is 9.47 Å². The number of fused-ring (bicyclic) bond motifs is 2. The number of hydrogen-bond acceptors (Lipinski definition) is 4. The Morgan fingerprint density at radius 3 is 2.33 bits per heavy atom. The summed E-state index contributed by atoms with van der Waals surface area (Å²) in [7, 11) is 0. The first-order valence-electron chi connectivity index (χ1n) is 8.02. The average Bonchev–Trinajstić information content (AvgIpc) is 2.69. The molecule has 0 radical (unpaired) electrons. The summed E-state index contributed by atoms with van der Waals surface area (Å²) < 4.78 is 10.6. The minimum Gasteiger partial charge on any atom is -0.459 e. The zero-order valence-electron chi connectivity index (χ0n) is 13.9. The van der Waals surface area contributed by atoms with Gasteiger partial charge in [-0.25, -0.2) is 4.79 Å². The van der Waals surface area contributed by atoms with Gasteiger partial charge in [-0.05, 0) is 36.5 Å². The molecule has 120 valence electrons. The maximum absolute atomic E-state index is 11.9. The first kappa shape index (κ1) is 16.3. The van der Waals surface area contributed by atoms with E-state index in [0.717, 1.165) is 12.8 Å². The molecule has 2 rings (SSSR count). The van der Waals surface area contributed by atoms with Crippen molar-refractivity contribution in [3.05, 3.63) is 0 Å². The van der Waals surface area contributed by atoms with Crippen LogP contribution in [-0.2, 0) is 19.1 Å². The van der Waals surface area contributed by atoms with Crippen LogP contribution in [0.25, 0.3) is 0 Å². The van der Waals surface area contributed by atoms with E-state index in [1.165, 1.54) is 6.42 Å². The smallest absolute Gasteiger partial charge is 0.344 e. The van der Waals surface area contributed by atoms with Gasteiger partial charge in [-0.15, -0.1) is 0 Å². The van der Waals surface area contributed by atoms with Crippen LogP contribution < -0.4 is 0 Å². The summed E-state index contributed by atoms with van der Waals surface area (Å²) in [6.07, 6.45) is 3.57. The summed E-state index contributed by atoms with van der Waals surface area (Å²) in [5, 5.41) is 0. The molecule has 2 bridgehead atoms. The Balaban J connectivity index is 1.83. The van der Waals surface area contributed by atoms with Crippen LogP contribution in [0.5, 0.6) is 0 Å². The summed E-state index contributed by atoms with van der Waals surface area (Å²) in [4.78, 5) is 23.4. The Morgan fingerprint density at radius 1 is 1.19 bits per heavy atom. The molecule has 0 aromatic rings. The van der Waals surface area contributed by atoms with Crippen molar-refractivity contribution in [1.29, 1.82) is 0 Å². The molecule has 0 heterocycles. The molecule has 4 heteroatoms. The summed E-state index contributed by atoms with van der Waals surface area (Å²) in [5.74, 6) is 0.116. The van der Waals surface area contributed by atoms with Crippen molar-refractivity contribution >= 4 is 11.9 Å². The lowest BCUT2D eigenvalue weighted by atomic mass is 9.70. The van der Waals surface area contributed by atoms with Crippen molar-refractivity contribution in [3.63, 3.8) is 0 Å². The minimum atomic E-state index is -0.415. The number of rotatable bonds is 5. The molecule has 2 aliphatic rings. The van der Waals surface area contributed by atoms with Crippen molar-refractivity contribution in [1.82, 2.24) is 0 Å². The number of esters is 2. The maximum atomic E-state index is 11.9. The summed E-state index contributed by atoms with van der Waals surface area (Å²) >= 11 is 0. The summed E-state index contributed by atoms with van der Waals surface area (Å²) in [5.41, 5.74) is 0.265. The van der Waals surface area contributed by atoms with E-state index in [1.807, 2.05) is 13.8 Å². The van der Waals surface area contributed by atoms with Gasteiger partial charge in [-0.2, -0.15) is 0 Å². The Morgan fingerprint density at radius 2 is 1.86 bits per heavy atom. The van der Waals surface area contributed by atoms with E-state index < -0.39 is 5.97 Å². The maximum Gasteiger partial charge on any atom is 0.344 e. The van der Waals surface area contributed by atoms with E-state index in [-0.39, 0.29) is 35.4 Å². The lowest BCUT2D eigenvalue weighted by molar-refractivity contribution is -0.168. The van der Waals surface area contributed by atoms with E-state index in [4.69, 9.17) is 9.47 Å². The normalized spacial score (nSPS) is 33.2. The first-order valence-corrected chi connectivity index (χ1v) is 8.02. The van der Waals surface area contributed by atoms with Gasteiger partial charge in [0.05, 0.1) is 0 Å². The van der Waals surface area contributed by atoms with Crippen LogP contribution in [0.3, 0.4) is 0 Å². The third kappa shape index (κ3) is 2.95. The fourth-order valence-corrected chi connectivity index (χ4v) is 4.03. The molecular weight excluding hydrogens is 268 g/mol. The van der Waals surface area contributed by atoms with Gasteiger partial charge in [0.1, 0.15) is 6.10 Å². The molecule has 0 spiro atoms. The number of carbonyl (C=O) groups is 2. The molecule has 0 aliphatic heterocycles. The molecule has 21 heavy (non-hydrogen) atoms. The molecule has 4 nitrogen and oxygen atoms in total. The van der Waals surface area contributed by atoms with Crippen LogP contribution in [0.4, 0.5) is 0 Å². The lowest BCUT2D eigenvalue weighted by Crippen LogP contribution is -2.39. The highest BCUT2D eigenvalue weighted by Gasteiger charge is 2.62. The van der Waals surface area contributed by atoms with Crippen LogP contribution in [0, 0.1) is 22.7 Å². The van der Waals surface area contributed by atoms with Crippen LogP contribution in [-0.4, -0.2) is 24.6 Å². The molecule has 2 saturated carbocycles. The largest absolute Gasteiger partial charge is 0.459 e. The van der Waals surface area contributed by atoms with E-state index >= 15 is 0 Å². The first-order chi connectivity index (χ1) is 9.66. The van der Waals surface area contributed by atoms with Crippen LogP contribution in [0.1, 0.15) is 60.3 Å². The molecular formula is C17H28O4. The predicted molar refractivity (Wildman–Crippen MR) is 79.5 cm³/mol. The Bertz CT molecular complexity index is 427. The summed E-state index contributed by atoms with van der Waals surface area (Å²) in [6.45, 7) is 10.4. The van der Waals surface area contributed by atoms with Crippen LogP contribution in [0.2, 0.25) is 0 Å². The second kappa shape index (κ2) is 5.62. The molecule has 0 amide bonds. The van der Waals surface area contributed by atoms with Gasteiger partial charge in [-0.1, -0.05) is 34.6 Å². The molecule has 3 atom stereocenters. The quantitative estimate of drug-likeness (QED) is 0.730. The average molecular weight is 296 g/mol. The summed E-state index contributed by atoms with van der Waals surface area (Å²) in [6, 6.07) is 0. The van der Waals surface area contributed by atoms with Gasteiger partial charge in [0.15, 0.2) is 6.61 Å². The van der Waals surface area contributed by atoms with Crippen molar-refractivity contribution < 1.29 is 19.1 Å². The highest BCUT2D eigenvalue weighted by Crippen LogP contribution is 2.66. The second-order valence-corrected chi connectivity index (χ2v) is 7.85. The zero-order chi connectivity index (χ0) is 15.8. The zero-order valence-corrected chi connectivity index (χ0v) is 13.9. The fourth-order valence-electron chi connectivity index (χ4n) is 4.03. The number of hydrogen-bond donors (Lipinski definition) is 0. The molecule has 2 fully saturated rings. The van der Waals surface area contributed by atoms with Crippen molar-refractivity contribution in [2.75, 3.05) is 6.61 Å². The van der Waals surface area contributed by atoms with Crippen LogP contribution in [0.15, 0.2) is 0 Å².